The second-order valence-corrected chi connectivity index (χ2v) is 3.57. The molecule has 16 heavy (non-hydrogen) atoms. The maximum absolute atomic E-state index is 5.18. The highest BCUT2D eigenvalue weighted by Crippen LogP contribution is 2.27. The number of anilines is 1. The van der Waals surface area contributed by atoms with Gasteiger partial charge in [0.15, 0.2) is 5.82 Å². The Hall–Kier alpha value is -1.97. The summed E-state index contributed by atoms with van der Waals surface area (Å²) in [5, 5.41) is 3.32. The summed E-state index contributed by atoms with van der Waals surface area (Å²) >= 11 is 0. The lowest BCUT2D eigenvalue weighted by Crippen LogP contribution is -2.02. The van der Waals surface area contributed by atoms with Crippen LogP contribution in [0.3, 0.4) is 0 Å². The average Bonchev–Trinajstić information content (AvgIpc) is 2.82. The van der Waals surface area contributed by atoms with Gasteiger partial charge in [0.25, 0.3) is 0 Å². The van der Waals surface area contributed by atoms with Gasteiger partial charge in [-0.1, -0.05) is 17.3 Å². The van der Waals surface area contributed by atoms with E-state index in [0.717, 1.165) is 12.2 Å². The smallest absolute Gasteiger partial charge is 0.166 e. The third kappa shape index (κ3) is 2.34. The molecule has 0 atom stereocenters. The molecule has 2 aliphatic carbocycles. The van der Waals surface area contributed by atoms with Crippen molar-refractivity contribution >= 4 is 5.82 Å². The number of nitrogens with two attached hydrogens (primary N) is 1. The maximum Gasteiger partial charge on any atom is 0.166 e. The second kappa shape index (κ2) is 4.70. The molecule has 0 unspecified atom stereocenters. The van der Waals surface area contributed by atoms with Crippen LogP contribution in [0.25, 0.3) is 0 Å². The van der Waals surface area contributed by atoms with E-state index in [1.807, 2.05) is 0 Å². The van der Waals surface area contributed by atoms with Crippen molar-refractivity contribution in [2.75, 3.05) is 12.8 Å². The van der Waals surface area contributed by atoms with E-state index >= 15 is 0 Å². The number of nitrogens with zero attached hydrogens (tertiary/aromatic N) is 1. The average molecular weight is 218 g/mol. The van der Waals surface area contributed by atoms with Gasteiger partial charge in [-0.25, -0.2) is 0 Å². The number of methoxy groups -OCH3 is 1. The fraction of sp³-hybridized carbons (Fsp3) is 0.250. The SMILES string of the molecule is COc1cc2ccc1CC2.Nc1ccon1. The Kier molecular flexibility index (Phi) is 3.10. The molecule has 2 bridgehead atoms. The van der Waals surface area contributed by atoms with E-state index in [4.69, 9.17) is 10.5 Å². The molecule has 4 nitrogen and oxygen atoms in total. The largest absolute Gasteiger partial charge is 0.496 e. The number of aromatic nitrogens is 1. The fourth-order valence-corrected chi connectivity index (χ4v) is 1.65. The molecule has 4 heteroatoms. The summed E-state index contributed by atoms with van der Waals surface area (Å²) in [5.74, 6) is 1.48. The van der Waals surface area contributed by atoms with Crippen LogP contribution in [-0.4, -0.2) is 12.3 Å². The second-order valence-electron chi connectivity index (χ2n) is 3.57. The standard InChI is InChI=1S/C9H10O.C3H4N2O/c1-10-9-6-7-2-4-8(9)5-3-7;4-3-1-2-6-5-3/h2,4,6H,3,5H2,1H3;1-2H,(H2,4,5). The molecule has 1 aromatic carbocycles. The summed E-state index contributed by atoms with van der Waals surface area (Å²) in [6.45, 7) is 0. The number of hydrogen-bond donors (Lipinski definition) is 1. The van der Waals surface area contributed by atoms with Crippen molar-refractivity contribution < 1.29 is 9.26 Å². The first kappa shape index (κ1) is 10.5. The molecule has 0 spiro atoms. The zero-order valence-electron chi connectivity index (χ0n) is 9.14. The summed E-state index contributed by atoms with van der Waals surface area (Å²) in [6.07, 6.45) is 3.78. The molecule has 0 fully saturated rings. The van der Waals surface area contributed by atoms with E-state index in [1.165, 1.54) is 23.8 Å². The topological polar surface area (TPSA) is 61.3 Å². The van der Waals surface area contributed by atoms with E-state index in [0.29, 0.717) is 5.82 Å². The van der Waals surface area contributed by atoms with Gasteiger partial charge in [-0.15, -0.1) is 0 Å². The van der Waals surface area contributed by atoms with Crippen molar-refractivity contribution in [3.63, 3.8) is 0 Å². The van der Waals surface area contributed by atoms with Crippen LogP contribution in [0.1, 0.15) is 11.1 Å². The first-order chi connectivity index (χ1) is 7.79. The molecule has 2 aliphatic rings. The van der Waals surface area contributed by atoms with E-state index in [9.17, 15) is 0 Å². The minimum absolute atomic E-state index is 0.426. The highest BCUT2D eigenvalue weighted by atomic mass is 16.5. The lowest BCUT2D eigenvalue weighted by Gasteiger charge is -2.15. The van der Waals surface area contributed by atoms with Crippen molar-refractivity contribution in [2.24, 2.45) is 0 Å². The quantitative estimate of drug-likeness (QED) is 0.795. The molecule has 1 aromatic heterocycles. The Morgan fingerprint density at radius 1 is 1.31 bits per heavy atom. The van der Waals surface area contributed by atoms with Gasteiger partial charge in [-0.2, -0.15) is 0 Å². The van der Waals surface area contributed by atoms with Crippen molar-refractivity contribution in [3.8, 4) is 5.75 Å². The maximum atomic E-state index is 5.18. The van der Waals surface area contributed by atoms with Gasteiger partial charge >= 0.3 is 0 Å². The number of benzene rings is 1. The minimum atomic E-state index is 0.426. The summed E-state index contributed by atoms with van der Waals surface area (Å²) in [5.41, 5.74) is 7.81. The molecule has 0 saturated carbocycles. The lowest BCUT2D eigenvalue weighted by atomic mass is 9.95. The summed E-state index contributed by atoms with van der Waals surface area (Å²) in [7, 11) is 1.73. The van der Waals surface area contributed by atoms with Gasteiger partial charge in [0.05, 0.1) is 7.11 Å². The predicted molar refractivity (Wildman–Crippen MR) is 61.3 cm³/mol. The monoisotopic (exact) mass is 218 g/mol. The Morgan fingerprint density at radius 2 is 2.19 bits per heavy atom. The minimum Gasteiger partial charge on any atom is -0.496 e. The molecule has 0 aliphatic heterocycles. The highest BCUT2D eigenvalue weighted by Gasteiger charge is 2.10. The molecule has 2 N–H and O–H groups in total. The van der Waals surface area contributed by atoms with E-state index in [1.54, 1.807) is 13.2 Å². The molecule has 4 rings (SSSR count). The molecule has 1 heterocycles. The van der Waals surface area contributed by atoms with Gasteiger partial charge in [-0.05, 0) is 30.0 Å². The zero-order chi connectivity index (χ0) is 11.4. The normalized spacial score (nSPS) is 11.8. The van der Waals surface area contributed by atoms with Gasteiger partial charge in [0.2, 0.25) is 0 Å². The van der Waals surface area contributed by atoms with Gasteiger partial charge < -0.3 is 15.0 Å². The summed E-state index contributed by atoms with van der Waals surface area (Å²) in [4.78, 5) is 0. The van der Waals surface area contributed by atoms with Crippen LogP contribution >= 0.6 is 0 Å². The molecule has 0 radical (unpaired) electrons. The predicted octanol–water partition coefficient (Wildman–Crippen LogP) is 2.05. The van der Waals surface area contributed by atoms with Gasteiger partial charge in [0.1, 0.15) is 12.0 Å². The molecular weight excluding hydrogens is 204 g/mol. The van der Waals surface area contributed by atoms with E-state index in [-0.39, 0.29) is 0 Å². The third-order valence-corrected chi connectivity index (χ3v) is 2.49. The number of hydrogen-bond acceptors (Lipinski definition) is 4. The van der Waals surface area contributed by atoms with Gasteiger partial charge in [-0.3, -0.25) is 0 Å². The third-order valence-electron chi connectivity index (χ3n) is 2.49. The Labute approximate surface area is 94.0 Å². The highest BCUT2D eigenvalue weighted by molar-refractivity contribution is 5.41. The Balaban J connectivity index is 0.000000138. The molecule has 2 aromatic rings. The van der Waals surface area contributed by atoms with Crippen LogP contribution in [0.4, 0.5) is 5.82 Å². The first-order valence-corrected chi connectivity index (χ1v) is 5.11. The number of aryl methyl sites for hydroxylation is 2. The summed E-state index contributed by atoms with van der Waals surface area (Å²) in [6, 6.07) is 8.03. The molecule has 0 amide bonds. The summed E-state index contributed by atoms with van der Waals surface area (Å²) < 4.78 is 9.52. The van der Waals surface area contributed by atoms with Gasteiger partial charge in [0, 0.05) is 6.07 Å². The van der Waals surface area contributed by atoms with E-state index < -0.39 is 0 Å². The molecular formula is C12H14N2O2. The van der Waals surface area contributed by atoms with Crippen LogP contribution in [0.15, 0.2) is 35.1 Å². The number of nitrogen functional groups attached to an aromatic ring is 1. The lowest BCUT2D eigenvalue weighted by molar-refractivity contribution is 0.406. The fourth-order valence-electron chi connectivity index (χ4n) is 1.65. The first-order valence-electron chi connectivity index (χ1n) is 5.11. The Bertz CT molecular complexity index is 452. The van der Waals surface area contributed by atoms with Crippen molar-refractivity contribution in [2.45, 2.75) is 12.8 Å². The zero-order valence-corrected chi connectivity index (χ0v) is 9.14. The van der Waals surface area contributed by atoms with Crippen molar-refractivity contribution in [1.29, 1.82) is 0 Å². The molecule has 0 saturated heterocycles. The van der Waals surface area contributed by atoms with Crippen LogP contribution in [0, 0.1) is 0 Å². The number of fused-ring (bicyclic) bond motifs is 3. The number of ether oxygens (including phenoxy) is 1. The van der Waals surface area contributed by atoms with E-state index in [2.05, 4.69) is 27.9 Å². The van der Waals surface area contributed by atoms with Crippen LogP contribution in [0.5, 0.6) is 5.75 Å². The van der Waals surface area contributed by atoms with Crippen LogP contribution < -0.4 is 10.5 Å². The van der Waals surface area contributed by atoms with Crippen LogP contribution in [0.2, 0.25) is 0 Å². The van der Waals surface area contributed by atoms with Crippen LogP contribution in [-0.2, 0) is 12.8 Å². The van der Waals surface area contributed by atoms with Crippen molar-refractivity contribution in [3.05, 3.63) is 41.7 Å². The number of rotatable bonds is 1. The molecule has 84 valence electrons. The van der Waals surface area contributed by atoms with Crippen molar-refractivity contribution in [1.82, 2.24) is 5.16 Å². The Morgan fingerprint density at radius 3 is 2.44 bits per heavy atom.